The number of anilines is 2. The van der Waals surface area contributed by atoms with E-state index >= 15 is 0 Å². The fourth-order valence-corrected chi connectivity index (χ4v) is 4.88. The van der Waals surface area contributed by atoms with Gasteiger partial charge < -0.3 is 14.5 Å². The lowest BCUT2D eigenvalue weighted by molar-refractivity contribution is -0.130. The highest BCUT2D eigenvalue weighted by Gasteiger charge is 2.21. The Morgan fingerprint density at radius 2 is 1.52 bits per heavy atom. The van der Waals surface area contributed by atoms with E-state index in [1.54, 1.807) is 49.6 Å². The topological polar surface area (TPSA) is 79.0 Å². The Morgan fingerprint density at radius 3 is 2.12 bits per heavy atom. The minimum Gasteiger partial charge on any atom is -0.497 e. The molecule has 0 aromatic heterocycles. The zero-order valence-corrected chi connectivity index (χ0v) is 19.3. The third kappa shape index (κ3) is 5.64. The largest absolute Gasteiger partial charge is 0.497 e. The van der Waals surface area contributed by atoms with Crippen molar-refractivity contribution in [2.75, 3.05) is 42.9 Å². The van der Waals surface area contributed by atoms with Gasteiger partial charge in [-0.1, -0.05) is 30.3 Å². The van der Waals surface area contributed by atoms with Gasteiger partial charge in [0, 0.05) is 37.6 Å². The minimum atomic E-state index is -3.61. The molecule has 172 valence electrons. The van der Waals surface area contributed by atoms with Crippen molar-refractivity contribution in [1.29, 1.82) is 0 Å². The monoisotopic (exact) mass is 465 g/mol. The van der Waals surface area contributed by atoms with E-state index in [1.807, 2.05) is 41.3 Å². The molecule has 4 rings (SSSR count). The highest BCUT2D eigenvalue weighted by atomic mass is 32.2. The molecule has 1 N–H and O–H groups in total. The number of hydrogen-bond donors (Lipinski definition) is 1. The van der Waals surface area contributed by atoms with Gasteiger partial charge in [-0.25, -0.2) is 8.42 Å². The van der Waals surface area contributed by atoms with Crippen LogP contribution in [0.3, 0.4) is 0 Å². The molecule has 1 fully saturated rings. The number of carbonyl (C=O) groups is 1. The Balaban J connectivity index is 1.31. The van der Waals surface area contributed by atoms with Crippen LogP contribution in [-0.2, 0) is 21.2 Å². The molecule has 0 spiro atoms. The smallest absolute Gasteiger partial charge is 0.261 e. The van der Waals surface area contributed by atoms with Crippen molar-refractivity contribution >= 4 is 27.3 Å². The zero-order chi connectivity index (χ0) is 23.3. The highest BCUT2D eigenvalue weighted by Crippen LogP contribution is 2.22. The molecule has 0 unspecified atom stereocenters. The predicted octanol–water partition coefficient (Wildman–Crippen LogP) is 3.39. The average Bonchev–Trinajstić information content (AvgIpc) is 2.85. The second-order valence-electron chi connectivity index (χ2n) is 7.86. The fourth-order valence-electron chi connectivity index (χ4n) is 3.80. The number of ether oxygens (including phenoxy) is 1. The van der Waals surface area contributed by atoms with Gasteiger partial charge in [0.15, 0.2) is 0 Å². The van der Waals surface area contributed by atoms with Crippen LogP contribution in [-0.4, -0.2) is 52.5 Å². The van der Waals surface area contributed by atoms with Crippen molar-refractivity contribution in [3.8, 4) is 5.75 Å². The van der Waals surface area contributed by atoms with E-state index in [0.29, 0.717) is 25.2 Å². The molecule has 3 aromatic rings. The number of piperazine rings is 1. The Morgan fingerprint density at radius 1 is 0.879 bits per heavy atom. The van der Waals surface area contributed by atoms with E-state index in [2.05, 4.69) is 9.62 Å². The number of nitrogens with zero attached hydrogens (tertiary/aromatic N) is 2. The van der Waals surface area contributed by atoms with E-state index in [1.165, 1.54) is 0 Å². The number of nitrogens with one attached hydrogen (secondary N) is 1. The van der Waals surface area contributed by atoms with E-state index in [0.717, 1.165) is 30.1 Å². The summed E-state index contributed by atoms with van der Waals surface area (Å²) in [6, 6.07) is 23.2. The summed E-state index contributed by atoms with van der Waals surface area (Å²) < 4.78 is 32.7. The zero-order valence-electron chi connectivity index (χ0n) is 18.5. The second-order valence-corrected chi connectivity index (χ2v) is 9.54. The molecule has 8 heteroatoms. The van der Waals surface area contributed by atoms with Crippen molar-refractivity contribution in [2.45, 2.75) is 11.3 Å². The van der Waals surface area contributed by atoms with Gasteiger partial charge in [-0.2, -0.15) is 0 Å². The molecular weight excluding hydrogens is 438 g/mol. The maximum atomic E-state index is 12.7. The fraction of sp³-hybridized carbons (Fsp3) is 0.240. The number of amides is 1. The second kappa shape index (κ2) is 9.95. The lowest BCUT2D eigenvalue weighted by Crippen LogP contribution is -2.49. The first-order valence-corrected chi connectivity index (χ1v) is 12.3. The first kappa shape index (κ1) is 22.7. The standard InChI is InChI=1S/C25H27N3O4S/c1-32-23-13-7-20(8-14-23)19-25(29)28-17-15-27(16-18-28)22-11-9-21(10-12-22)26-33(30,31)24-5-3-2-4-6-24/h2-14,26H,15-19H2,1H3. The van der Waals surface area contributed by atoms with Crippen LogP contribution in [0.2, 0.25) is 0 Å². The van der Waals surface area contributed by atoms with Crippen LogP contribution in [0.25, 0.3) is 0 Å². The molecule has 7 nitrogen and oxygen atoms in total. The summed E-state index contributed by atoms with van der Waals surface area (Å²) in [5, 5.41) is 0. The molecule has 0 saturated carbocycles. The molecule has 33 heavy (non-hydrogen) atoms. The Bertz CT molecular complexity index is 1170. The minimum absolute atomic E-state index is 0.116. The SMILES string of the molecule is COc1ccc(CC(=O)N2CCN(c3ccc(NS(=O)(=O)c4ccccc4)cc3)CC2)cc1. The van der Waals surface area contributed by atoms with E-state index in [-0.39, 0.29) is 10.8 Å². The van der Waals surface area contributed by atoms with Crippen molar-refractivity contribution in [3.63, 3.8) is 0 Å². The molecule has 3 aromatic carbocycles. The summed E-state index contributed by atoms with van der Waals surface area (Å²) in [5.41, 5.74) is 2.48. The van der Waals surface area contributed by atoms with Gasteiger partial charge in [-0.15, -0.1) is 0 Å². The molecule has 1 aliphatic rings. The Labute approximate surface area is 194 Å². The van der Waals surface area contributed by atoms with Gasteiger partial charge in [0.2, 0.25) is 5.91 Å². The van der Waals surface area contributed by atoms with Crippen LogP contribution >= 0.6 is 0 Å². The molecule has 0 bridgehead atoms. The number of sulfonamides is 1. The van der Waals surface area contributed by atoms with Gasteiger partial charge >= 0.3 is 0 Å². The van der Waals surface area contributed by atoms with Gasteiger partial charge in [-0.05, 0) is 54.1 Å². The highest BCUT2D eigenvalue weighted by molar-refractivity contribution is 7.92. The predicted molar refractivity (Wildman–Crippen MR) is 129 cm³/mol. The summed E-state index contributed by atoms with van der Waals surface area (Å²) in [7, 11) is -1.99. The van der Waals surface area contributed by atoms with Gasteiger partial charge in [0.1, 0.15) is 5.75 Å². The first-order chi connectivity index (χ1) is 15.9. The van der Waals surface area contributed by atoms with Crippen LogP contribution in [0, 0.1) is 0 Å². The first-order valence-electron chi connectivity index (χ1n) is 10.8. The summed E-state index contributed by atoms with van der Waals surface area (Å²) in [5.74, 6) is 0.893. The van der Waals surface area contributed by atoms with Crippen LogP contribution in [0.4, 0.5) is 11.4 Å². The molecule has 1 saturated heterocycles. The van der Waals surface area contributed by atoms with E-state index < -0.39 is 10.0 Å². The summed E-state index contributed by atoms with van der Waals surface area (Å²) in [6.07, 6.45) is 0.375. The van der Waals surface area contributed by atoms with Crippen LogP contribution in [0.1, 0.15) is 5.56 Å². The van der Waals surface area contributed by atoms with Crippen molar-refractivity contribution in [2.24, 2.45) is 0 Å². The molecule has 1 aliphatic heterocycles. The summed E-state index contributed by atoms with van der Waals surface area (Å²) >= 11 is 0. The summed E-state index contributed by atoms with van der Waals surface area (Å²) in [4.78, 5) is 17.0. The number of benzene rings is 3. The third-order valence-corrected chi connectivity index (χ3v) is 7.08. The van der Waals surface area contributed by atoms with Gasteiger partial charge in [0.25, 0.3) is 10.0 Å². The molecule has 0 aliphatic carbocycles. The van der Waals surface area contributed by atoms with Gasteiger partial charge in [0.05, 0.1) is 18.4 Å². The van der Waals surface area contributed by atoms with Crippen LogP contribution in [0.5, 0.6) is 5.75 Å². The quantitative estimate of drug-likeness (QED) is 0.579. The normalized spacial score (nSPS) is 14.1. The number of carbonyl (C=O) groups excluding carboxylic acids is 1. The molecule has 1 heterocycles. The van der Waals surface area contributed by atoms with Gasteiger partial charge in [-0.3, -0.25) is 9.52 Å². The van der Waals surface area contributed by atoms with E-state index in [4.69, 9.17) is 4.74 Å². The number of methoxy groups -OCH3 is 1. The number of rotatable bonds is 7. The maximum absolute atomic E-state index is 12.7. The molecule has 1 amide bonds. The summed E-state index contributed by atoms with van der Waals surface area (Å²) in [6.45, 7) is 2.75. The van der Waals surface area contributed by atoms with Crippen molar-refractivity contribution in [1.82, 2.24) is 4.90 Å². The molecule has 0 atom stereocenters. The number of hydrogen-bond acceptors (Lipinski definition) is 5. The van der Waals surface area contributed by atoms with Crippen molar-refractivity contribution in [3.05, 3.63) is 84.4 Å². The molecular formula is C25H27N3O4S. The maximum Gasteiger partial charge on any atom is 0.261 e. The Kier molecular flexibility index (Phi) is 6.84. The lowest BCUT2D eigenvalue weighted by atomic mass is 10.1. The Hall–Kier alpha value is -3.52. The third-order valence-electron chi connectivity index (χ3n) is 5.68. The average molecular weight is 466 g/mol. The van der Waals surface area contributed by atoms with Crippen LogP contribution in [0.15, 0.2) is 83.8 Å². The lowest BCUT2D eigenvalue weighted by Gasteiger charge is -2.36. The van der Waals surface area contributed by atoms with Crippen LogP contribution < -0.4 is 14.4 Å². The molecule has 0 radical (unpaired) electrons. The van der Waals surface area contributed by atoms with Crippen molar-refractivity contribution < 1.29 is 17.9 Å². The van der Waals surface area contributed by atoms with E-state index in [9.17, 15) is 13.2 Å².